The minimum atomic E-state index is -0.745. The number of carbonyl (C=O) groups is 2. The molecule has 1 atom stereocenters. The quantitative estimate of drug-likeness (QED) is 0.811. The lowest BCUT2D eigenvalue weighted by atomic mass is 9.95. The minimum Gasteiger partial charge on any atom is -0.452 e. The molecule has 5 heteroatoms. The maximum absolute atomic E-state index is 12.0. The summed E-state index contributed by atoms with van der Waals surface area (Å²) in [6.45, 7) is 1.62. The molecule has 1 aromatic rings. The van der Waals surface area contributed by atoms with Crippen molar-refractivity contribution in [2.24, 2.45) is 0 Å². The highest BCUT2D eigenvalue weighted by Gasteiger charge is 2.22. The van der Waals surface area contributed by atoms with Gasteiger partial charge in [-0.05, 0) is 37.5 Å². The van der Waals surface area contributed by atoms with Crippen LogP contribution in [-0.4, -0.2) is 24.0 Å². The highest BCUT2D eigenvalue weighted by molar-refractivity contribution is 9.10. The van der Waals surface area contributed by atoms with Gasteiger partial charge in [-0.15, -0.1) is 0 Å². The van der Waals surface area contributed by atoms with Crippen molar-refractivity contribution >= 4 is 27.8 Å². The van der Waals surface area contributed by atoms with E-state index in [1.807, 2.05) is 24.3 Å². The molecule has 1 aliphatic rings. The molecule has 0 heterocycles. The molecule has 4 nitrogen and oxygen atoms in total. The number of hydrogen-bond acceptors (Lipinski definition) is 3. The maximum Gasteiger partial charge on any atom is 0.311 e. The molecule has 1 N–H and O–H groups in total. The SMILES string of the molecule is CC(OC(=O)Cc1ccc(Br)cc1)C(=O)NC1CCCCC1. The Labute approximate surface area is 139 Å². The third kappa shape index (κ3) is 5.44. The Morgan fingerprint density at radius 3 is 2.50 bits per heavy atom. The lowest BCUT2D eigenvalue weighted by Crippen LogP contribution is -2.42. The van der Waals surface area contributed by atoms with Crippen molar-refractivity contribution in [3.8, 4) is 0 Å². The van der Waals surface area contributed by atoms with E-state index in [9.17, 15) is 9.59 Å². The normalized spacial score (nSPS) is 16.8. The second-order valence-corrected chi connectivity index (χ2v) is 6.69. The summed E-state index contributed by atoms with van der Waals surface area (Å²) in [6.07, 6.45) is 5.02. The number of benzene rings is 1. The third-order valence-electron chi connectivity index (χ3n) is 3.89. The fourth-order valence-electron chi connectivity index (χ4n) is 2.63. The standard InChI is InChI=1S/C17H22BrNO3/c1-12(17(21)19-15-5-3-2-4-6-15)22-16(20)11-13-7-9-14(18)10-8-13/h7-10,12,15H,2-6,11H2,1H3,(H,19,21). The molecule has 1 saturated carbocycles. The van der Waals surface area contributed by atoms with E-state index < -0.39 is 6.10 Å². The second kappa shape index (κ2) is 8.32. The summed E-state index contributed by atoms with van der Waals surface area (Å²) >= 11 is 3.35. The van der Waals surface area contributed by atoms with Crippen LogP contribution in [-0.2, 0) is 20.7 Å². The molecule has 120 valence electrons. The number of nitrogens with one attached hydrogen (secondary N) is 1. The van der Waals surface area contributed by atoms with Gasteiger partial charge >= 0.3 is 5.97 Å². The van der Waals surface area contributed by atoms with Crippen LogP contribution in [0, 0.1) is 0 Å². The van der Waals surface area contributed by atoms with Crippen LogP contribution in [0.3, 0.4) is 0 Å². The first-order chi connectivity index (χ1) is 10.5. The van der Waals surface area contributed by atoms with E-state index in [-0.39, 0.29) is 24.3 Å². The van der Waals surface area contributed by atoms with E-state index in [4.69, 9.17) is 4.74 Å². The molecule has 0 saturated heterocycles. The van der Waals surface area contributed by atoms with Gasteiger partial charge in [0.1, 0.15) is 0 Å². The monoisotopic (exact) mass is 367 g/mol. The van der Waals surface area contributed by atoms with Gasteiger partial charge in [0.25, 0.3) is 5.91 Å². The Kier molecular flexibility index (Phi) is 6.43. The topological polar surface area (TPSA) is 55.4 Å². The van der Waals surface area contributed by atoms with Gasteiger partial charge in [-0.1, -0.05) is 47.3 Å². The first-order valence-electron chi connectivity index (χ1n) is 7.79. The summed E-state index contributed by atoms with van der Waals surface area (Å²) in [5, 5.41) is 2.97. The number of halogens is 1. The Balaban J connectivity index is 1.77. The van der Waals surface area contributed by atoms with E-state index in [1.165, 1.54) is 6.42 Å². The molecule has 22 heavy (non-hydrogen) atoms. The zero-order chi connectivity index (χ0) is 15.9. The molecule has 1 unspecified atom stereocenters. The average Bonchev–Trinajstić information content (AvgIpc) is 2.50. The number of ether oxygens (including phenoxy) is 1. The summed E-state index contributed by atoms with van der Waals surface area (Å²) in [4.78, 5) is 23.9. The highest BCUT2D eigenvalue weighted by atomic mass is 79.9. The van der Waals surface area contributed by atoms with Crippen LogP contribution in [0.15, 0.2) is 28.7 Å². The van der Waals surface area contributed by atoms with Crippen LogP contribution in [0.4, 0.5) is 0 Å². The van der Waals surface area contributed by atoms with Gasteiger partial charge in [-0.3, -0.25) is 9.59 Å². The van der Waals surface area contributed by atoms with Crippen LogP contribution >= 0.6 is 15.9 Å². The number of rotatable bonds is 5. The predicted molar refractivity (Wildman–Crippen MR) is 88.4 cm³/mol. The van der Waals surface area contributed by atoms with Crippen molar-refractivity contribution in [2.45, 2.75) is 57.6 Å². The fourth-order valence-corrected chi connectivity index (χ4v) is 2.89. The van der Waals surface area contributed by atoms with Gasteiger partial charge in [0, 0.05) is 10.5 Å². The molecule has 0 spiro atoms. The van der Waals surface area contributed by atoms with Crippen LogP contribution in [0.2, 0.25) is 0 Å². The molecule has 1 aliphatic carbocycles. The van der Waals surface area contributed by atoms with Gasteiger partial charge in [-0.25, -0.2) is 0 Å². The first kappa shape index (κ1) is 17.0. The van der Waals surface area contributed by atoms with Crippen LogP contribution < -0.4 is 5.32 Å². The first-order valence-corrected chi connectivity index (χ1v) is 8.58. The fraction of sp³-hybridized carbons (Fsp3) is 0.529. The Morgan fingerprint density at radius 2 is 1.86 bits per heavy atom. The van der Waals surface area contributed by atoms with Gasteiger partial charge in [0.2, 0.25) is 0 Å². The predicted octanol–water partition coefficient (Wildman–Crippen LogP) is 3.37. The number of amides is 1. The zero-order valence-electron chi connectivity index (χ0n) is 12.8. The average molecular weight is 368 g/mol. The largest absolute Gasteiger partial charge is 0.452 e. The molecule has 0 aromatic heterocycles. The van der Waals surface area contributed by atoms with Crippen LogP contribution in [0.25, 0.3) is 0 Å². The molecule has 1 amide bonds. The third-order valence-corrected chi connectivity index (χ3v) is 4.42. The van der Waals surface area contributed by atoms with E-state index in [1.54, 1.807) is 6.92 Å². The van der Waals surface area contributed by atoms with Crippen molar-refractivity contribution in [2.75, 3.05) is 0 Å². The Bertz CT molecular complexity index is 509. The van der Waals surface area contributed by atoms with Crippen molar-refractivity contribution in [1.29, 1.82) is 0 Å². The molecule has 0 bridgehead atoms. The highest BCUT2D eigenvalue weighted by Crippen LogP contribution is 2.17. The Morgan fingerprint density at radius 1 is 1.23 bits per heavy atom. The van der Waals surface area contributed by atoms with Gasteiger partial charge < -0.3 is 10.1 Å². The maximum atomic E-state index is 12.0. The summed E-state index contributed by atoms with van der Waals surface area (Å²) in [6, 6.07) is 7.70. The molecule has 0 radical (unpaired) electrons. The molecule has 1 aromatic carbocycles. The summed E-state index contributed by atoms with van der Waals surface area (Å²) in [5.41, 5.74) is 0.869. The van der Waals surface area contributed by atoms with Gasteiger partial charge in [0.05, 0.1) is 6.42 Å². The van der Waals surface area contributed by atoms with Gasteiger partial charge in [0.15, 0.2) is 6.10 Å². The molecule has 1 fully saturated rings. The minimum absolute atomic E-state index is 0.175. The molecule has 2 rings (SSSR count). The lowest BCUT2D eigenvalue weighted by Gasteiger charge is -2.24. The van der Waals surface area contributed by atoms with E-state index in [0.29, 0.717) is 0 Å². The van der Waals surface area contributed by atoms with Crippen molar-refractivity contribution in [1.82, 2.24) is 5.32 Å². The summed E-state index contributed by atoms with van der Waals surface area (Å²) in [5.74, 6) is -0.579. The van der Waals surface area contributed by atoms with Crippen molar-refractivity contribution < 1.29 is 14.3 Å². The van der Waals surface area contributed by atoms with Crippen LogP contribution in [0.5, 0.6) is 0 Å². The van der Waals surface area contributed by atoms with E-state index in [2.05, 4.69) is 21.2 Å². The number of hydrogen-bond donors (Lipinski definition) is 1. The number of esters is 1. The number of carbonyl (C=O) groups excluding carboxylic acids is 2. The van der Waals surface area contributed by atoms with Crippen molar-refractivity contribution in [3.63, 3.8) is 0 Å². The molecule has 0 aliphatic heterocycles. The van der Waals surface area contributed by atoms with Gasteiger partial charge in [-0.2, -0.15) is 0 Å². The Hall–Kier alpha value is -1.36. The summed E-state index contributed by atoms with van der Waals surface area (Å²) in [7, 11) is 0. The summed E-state index contributed by atoms with van der Waals surface area (Å²) < 4.78 is 6.19. The van der Waals surface area contributed by atoms with E-state index >= 15 is 0 Å². The zero-order valence-corrected chi connectivity index (χ0v) is 14.4. The van der Waals surface area contributed by atoms with Crippen LogP contribution in [0.1, 0.15) is 44.6 Å². The van der Waals surface area contributed by atoms with Crippen molar-refractivity contribution in [3.05, 3.63) is 34.3 Å². The molecular weight excluding hydrogens is 346 g/mol. The lowest BCUT2D eigenvalue weighted by molar-refractivity contribution is -0.154. The second-order valence-electron chi connectivity index (χ2n) is 5.78. The smallest absolute Gasteiger partial charge is 0.311 e. The molecular formula is C17H22BrNO3. The van der Waals surface area contributed by atoms with E-state index in [0.717, 1.165) is 35.7 Å².